The van der Waals surface area contributed by atoms with Gasteiger partial charge in [-0.3, -0.25) is 57.7 Å². The van der Waals surface area contributed by atoms with E-state index in [4.69, 9.17) is 34.4 Å². The molecule has 0 radical (unpaired) electrons. The first kappa shape index (κ1) is 76.4. The third-order valence-electron chi connectivity index (χ3n) is 15.7. The van der Waals surface area contributed by atoms with Crippen molar-refractivity contribution in [2.45, 2.75) is 185 Å². The number of nitrogens with one attached hydrogen (secondary N) is 11. The number of carbonyl (C=O) groups is 11. The van der Waals surface area contributed by atoms with Crippen LogP contribution in [0.3, 0.4) is 0 Å². The third-order valence-corrected chi connectivity index (χ3v) is 15.7. The number of guanidine groups is 1. The number of nitrogens with two attached hydrogens (primary N) is 6. The van der Waals surface area contributed by atoms with Crippen molar-refractivity contribution in [3.8, 4) is 0 Å². The van der Waals surface area contributed by atoms with Crippen LogP contribution in [0.4, 0.5) is 0 Å². The van der Waals surface area contributed by atoms with E-state index in [1.54, 1.807) is 102 Å². The van der Waals surface area contributed by atoms with Gasteiger partial charge in [0.1, 0.15) is 60.4 Å². The Labute approximate surface area is 533 Å². The highest BCUT2D eigenvalue weighted by molar-refractivity contribution is 5.99. The third kappa shape index (κ3) is 27.4. The number of primary amides is 1. The minimum Gasteiger partial charge on any atom is -0.386 e. The molecule has 2 aromatic carbocycles. The van der Waals surface area contributed by atoms with Crippen molar-refractivity contribution in [2.75, 3.05) is 26.2 Å². The summed E-state index contributed by atoms with van der Waals surface area (Å²) in [5.41, 5.74) is 36.0. The molecule has 1 fully saturated rings. The minimum absolute atomic E-state index is 0.00521. The number of nitrogens with zero attached hydrogens (tertiary/aromatic N) is 1. The van der Waals surface area contributed by atoms with Crippen LogP contribution in [0.25, 0.3) is 0 Å². The summed E-state index contributed by atoms with van der Waals surface area (Å²) in [5, 5.41) is 30.0. The van der Waals surface area contributed by atoms with Gasteiger partial charge < -0.3 is 92.9 Å². The van der Waals surface area contributed by atoms with E-state index >= 15 is 0 Å². The van der Waals surface area contributed by atoms with Crippen molar-refractivity contribution >= 4 is 70.9 Å². The summed E-state index contributed by atoms with van der Waals surface area (Å²) in [6.45, 7) is 14.0. The molecule has 1 aliphatic rings. The number of aliphatic imine (C=N–C) groups is 1. The highest BCUT2D eigenvalue weighted by Gasteiger charge is 2.38. The number of carbonyl (C=O) groups excluding carboxylic acids is 11. The van der Waals surface area contributed by atoms with Gasteiger partial charge >= 0.3 is 0 Å². The highest BCUT2D eigenvalue weighted by atomic mass is 16.2. The summed E-state index contributed by atoms with van der Waals surface area (Å²) in [7, 11) is 0. The first-order valence-corrected chi connectivity index (χ1v) is 31.3. The second-order valence-electron chi connectivity index (χ2n) is 23.4. The van der Waals surface area contributed by atoms with Gasteiger partial charge in [0, 0.05) is 38.9 Å². The molecule has 0 saturated carbocycles. The van der Waals surface area contributed by atoms with E-state index in [9.17, 15) is 52.7 Å². The second-order valence-corrected chi connectivity index (χ2v) is 23.4. The van der Waals surface area contributed by atoms with Crippen LogP contribution in [0.15, 0.2) is 78.1 Å². The van der Waals surface area contributed by atoms with Gasteiger partial charge in [-0.2, -0.15) is 0 Å². The van der Waals surface area contributed by atoms with Crippen LogP contribution in [0.5, 0.6) is 0 Å². The van der Waals surface area contributed by atoms with E-state index in [2.05, 4.69) is 70.1 Å². The molecule has 2 aromatic rings. The monoisotopic (exact) mass is 1270 g/mol. The van der Waals surface area contributed by atoms with Gasteiger partial charge in [0.15, 0.2) is 5.96 Å². The topological polar surface area (TPSA) is 489 Å². The largest absolute Gasteiger partial charge is 0.386 e. The van der Waals surface area contributed by atoms with Crippen molar-refractivity contribution in [1.82, 2.24) is 58.5 Å². The fourth-order valence-electron chi connectivity index (χ4n) is 9.75. The molecule has 0 bridgehead atoms. The van der Waals surface area contributed by atoms with Crippen LogP contribution in [0, 0.1) is 17.8 Å². The molecule has 12 atom stereocenters. The quantitative estimate of drug-likeness (QED) is 0.0306. The van der Waals surface area contributed by atoms with Gasteiger partial charge in [-0.05, 0) is 86.8 Å². The zero-order valence-corrected chi connectivity index (χ0v) is 53.4. The van der Waals surface area contributed by atoms with Crippen LogP contribution in [-0.2, 0) is 65.6 Å². The maximum atomic E-state index is 14.9. The molecular weight excluding hydrogens is 1170 g/mol. The molecule has 0 unspecified atom stereocenters. The number of benzene rings is 2. The molecule has 91 heavy (non-hydrogen) atoms. The average molecular weight is 1270 g/mol. The molecule has 0 spiro atoms. The molecule has 0 aliphatic carbocycles. The van der Waals surface area contributed by atoms with Gasteiger partial charge in [0.05, 0.1) is 5.82 Å². The maximum absolute atomic E-state index is 14.9. The Morgan fingerprint density at radius 1 is 0.549 bits per heavy atom. The summed E-state index contributed by atoms with van der Waals surface area (Å²) in [6.07, 6.45) is 0.697. The fraction of sp³-hybridized carbons (Fsp3) is 0.581. The predicted molar refractivity (Wildman–Crippen MR) is 344 cm³/mol. The Morgan fingerprint density at radius 2 is 0.967 bits per heavy atom. The number of amides is 11. The lowest BCUT2D eigenvalue weighted by Crippen LogP contribution is -2.62. The molecule has 29 heteroatoms. The van der Waals surface area contributed by atoms with Crippen LogP contribution in [0.2, 0.25) is 0 Å². The Kier molecular flexibility index (Phi) is 33.6. The zero-order chi connectivity index (χ0) is 67.7. The van der Waals surface area contributed by atoms with E-state index in [-0.39, 0.29) is 82.8 Å². The lowest BCUT2D eigenvalue weighted by molar-refractivity contribution is -0.137. The molecule has 29 nitrogen and oxygen atoms in total. The van der Waals surface area contributed by atoms with Crippen molar-refractivity contribution in [3.05, 3.63) is 84.2 Å². The highest BCUT2D eigenvalue weighted by Crippen LogP contribution is 2.16. The van der Waals surface area contributed by atoms with Crippen molar-refractivity contribution in [1.29, 1.82) is 0 Å². The van der Waals surface area contributed by atoms with E-state index < -0.39 is 156 Å². The smallest absolute Gasteiger partial charge is 0.243 e. The molecule has 504 valence electrons. The first-order chi connectivity index (χ1) is 43.2. The van der Waals surface area contributed by atoms with Crippen molar-refractivity contribution < 1.29 is 52.7 Å². The Balaban J connectivity index is 2.27. The lowest BCUT2D eigenvalue weighted by Gasteiger charge is -2.31. The summed E-state index contributed by atoms with van der Waals surface area (Å²) in [4.78, 5) is 161. The van der Waals surface area contributed by atoms with Gasteiger partial charge in [-0.15, -0.1) is 0 Å². The van der Waals surface area contributed by atoms with Crippen molar-refractivity contribution in [3.63, 3.8) is 0 Å². The molecule has 23 N–H and O–H groups in total. The number of unbranched alkanes of at least 4 members (excludes halogenated alkanes) is 1. The molecule has 1 saturated heterocycles. The predicted octanol–water partition coefficient (Wildman–Crippen LogP) is -2.71. The Bertz CT molecular complexity index is 2770. The van der Waals surface area contributed by atoms with Crippen LogP contribution >= 0.6 is 0 Å². The molecular formula is C62H100N18O11. The molecule has 1 heterocycles. The van der Waals surface area contributed by atoms with Gasteiger partial charge in [0.2, 0.25) is 65.0 Å². The summed E-state index contributed by atoms with van der Waals surface area (Å²) >= 11 is 0. The number of rotatable bonds is 23. The zero-order valence-electron chi connectivity index (χ0n) is 53.4. The van der Waals surface area contributed by atoms with Gasteiger partial charge in [-0.1, -0.05) is 122 Å². The summed E-state index contributed by atoms with van der Waals surface area (Å²) < 4.78 is 0. The fourth-order valence-corrected chi connectivity index (χ4v) is 9.75. The lowest BCUT2D eigenvalue weighted by atomic mass is 9.94. The summed E-state index contributed by atoms with van der Waals surface area (Å²) in [5.74, 6) is -10.8. The van der Waals surface area contributed by atoms with Crippen molar-refractivity contribution in [2.24, 2.45) is 57.1 Å². The Morgan fingerprint density at radius 3 is 1.43 bits per heavy atom. The van der Waals surface area contributed by atoms with E-state index in [1.165, 1.54) is 0 Å². The number of hydrogen-bond donors (Lipinski definition) is 17. The Hall–Kier alpha value is -8.86. The van der Waals surface area contributed by atoms with E-state index in [0.717, 1.165) is 0 Å². The first-order valence-electron chi connectivity index (χ1n) is 31.3. The van der Waals surface area contributed by atoms with E-state index in [0.29, 0.717) is 36.8 Å². The van der Waals surface area contributed by atoms with Crippen LogP contribution in [0.1, 0.15) is 123 Å². The van der Waals surface area contributed by atoms with Gasteiger partial charge in [0.25, 0.3) is 0 Å². The molecule has 1 aliphatic heterocycles. The average Bonchev–Trinajstić information content (AvgIpc) is 2.13. The van der Waals surface area contributed by atoms with Gasteiger partial charge in [-0.25, -0.2) is 0 Å². The summed E-state index contributed by atoms with van der Waals surface area (Å²) in [6, 6.07) is 3.67. The SMILES string of the molecule is C=C(N)NCCC[C@@H]1NC(=O)[C@H]([C@@H](C)CC)NC(=O)[C@H](C(C)C)NC(=O)[C@H]([C@@H](C)CC)NC(=O)[C@@H](N)CNC(=O)CC[C@@H](C(N)=O)NC(=O)[C@H](CCCN=C(N)N)NC(=O)[C@H](Cc2ccccc2)NC(=O)[C@H](CCCCN)NC(=O)[C@H](Cc2ccccc2)NC1=O. The number of hydrogen-bond acceptors (Lipinski definition) is 16. The molecule has 0 aromatic heterocycles. The molecule has 11 amide bonds. The van der Waals surface area contributed by atoms with Crippen LogP contribution < -0.4 is 92.9 Å². The minimum atomic E-state index is -1.48. The maximum Gasteiger partial charge on any atom is 0.243 e. The standard InChI is InChI=1S/C62H100N18O11/c1-8-36(5)50-60(90)75-45(25-18-30-69-38(7)64)56(86)77-46(32-39-20-12-10-13-21-39)57(87)73-43(24-16-17-29-63)55(85)76-47(33-40-22-14-11-15-23-40)58(88)74-44(26-19-31-70-62(67)68)54(84)72-42(52(66)82)27-28-48(81)71-34-41(65)53(83)79-51(37(6)9-2)61(91)78-49(35(3)4)59(89)80-50/h10-15,20-23,35-37,41-47,49-51,69H,7-9,16-19,24-34,63-65H2,1-6H3,(H2,66,82)(H,71,81)(H,72,84)(H,73,87)(H,74,88)(H,75,90)(H,76,85)(H,77,86)(H,78,91)(H,79,83)(H,80,89)(H4,67,68,70)/t36-,37-,41-,42-,43-,44-,45-,46-,47-,49-,50-,51-/m0/s1. The normalized spacial score (nSPS) is 24.4. The van der Waals surface area contributed by atoms with Crippen LogP contribution in [-0.4, -0.2) is 158 Å². The second kappa shape index (κ2) is 40.0. The van der Waals surface area contributed by atoms with E-state index in [1.807, 2.05) is 0 Å². The molecule has 3 rings (SSSR count).